The second-order valence-electron chi connectivity index (χ2n) is 6.27. The molecule has 1 atom stereocenters. The number of unbranched alkanes of at least 4 members (excludes halogenated alkanes) is 9. The first kappa shape index (κ1) is 19.0. The van der Waals surface area contributed by atoms with Crippen LogP contribution < -0.4 is 0 Å². The highest BCUT2D eigenvalue weighted by Gasteiger charge is 2.07. The van der Waals surface area contributed by atoms with Crippen LogP contribution in [0.2, 0.25) is 0 Å². The summed E-state index contributed by atoms with van der Waals surface area (Å²) in [4.78, 5) is 0. The van der Waals surface area contributed by atoms with E-state index in [0.29, 0.717) is 0 Å². The molecule has 115 valence electrons. The van der Waals surface area contributed by atoms with E-state index in [0.717, 1.165) is 12.3 Å². The molecule has 0 aromatic rings. The van der Waals surface area contributed by atoms with Gasteiger partial charge in [0.15, 0.2) is 0 Å². The Bertz CT molecular complexity index is 150. The summed E-state index contributed by atoms with van der Waals surface area (Å²) in [6, 6.07) is 0. The van der Waals surface area contributed by atoms with Crippen LogP contribution in [0.1, 0.15) is 110 Å². The van der Waals surface area contributed by atoms with Crippen LogP contribution in [0.3, 0.4) is 0 Å². The van der Waals surface area contributed by atoms with Crippen LogP contribution in [0.5, 0.6) is 0 Å². The van der Waals surface area contributed by atoms with Gasteiger partial charge in [-0.15, -0.1) is 0 Å². The molecule has 0 fully saturated rings. The Morgan fingerprint density at radius 1 is 0.579 bits per heavy atom. The number of hydrogen-bond donors (Lipinski definition) is 0. The van der Waals surface area contributed by atoms with Gasteiger partial charge >= 0.3 is 0 Å². The SMILES string of the molecule is [CH2]CCCC(CCCCCC)CCCCCCCC. The van der Waals surface area contributed by atoms with Crippen LogP contribution >= 0.6 is 0 Å². The average Bonchev–Trinajstić information content (AvgIpc) is 2.43. The van der Waals surface area contributed by atoms with Gasteiger partial charge in [0, 0.05) is 0 Å². The quantitative estimate of drug-likeness (QED) is 0.272. The normalized spacial score (nSPS) is 12.8. The molecule has 1 unspecified atom stereocenters. The van der Waals surface area contributed by atoms with Crippen molar-refractivity contribution >= 4 is 0 Å². The molecular weight excluding hydrogens is 228 g/mol. The first-order chi connectivity index (χ1) is 9.35. The third-order valence-electron chi connectivity index (χ3n) is 4.29. The lowest BCUT2D eigenvalue weighted by Crippen LogP contribution is -2.01. The Balaban J connectivity index is 3.55. The van der Waals surface area contributed by atoms with Crippen molar-refractivity contribution in [1.82, 2.24) is 0 Å². The minimum absolute atomic E-state index is 1.00. The molecule has 1 radical (unpaired) electrons. The fourth-order valence-electron chi connectivity index (χ4n) is 2.94. The molecule has 0 heterocycles. The second-order valence-corrected chi connectivity index (χ2v) is 6.27. The van der Waals surface area contributed by atoms with Crippen molar-refractivity contribution in [3.8, 4) is 0 Å². The summed E-state index contributed by atoms with van der Waals surface area (Å²) in [5.41, 5.74) is 0. The van der Waals surface area contributed by atoms with Gasteiger partial charge in [0.05, 0.1) is 0 Å². The lowest BCUT2D eigenvalue weighted by molar-refractivity contribution is 0.374. The minimum Gasteiger partial charge on any atom is -0.0654 e. The largest absolute Gasteiger partial charge is 0.0654 e. The lowest BCUT2D eigenvalue weighted by Gasteiger charge is -2.16. The summed E-state index contributed by atoms with van der Waals surface area (Å²) in [6.07, 6.45) is 21.2. The Morgan fingerprint density at radius 2 is 1.00 bits per heavy atom. The molecule has 0 N–H and O–H groups in total. The van der Waals surface area contributed by atoms with E-state index in [1.165, 1.54) is 89.9 Å². The van der Waals surface area contributed by atoms with Crippen molar-refractivity contribution in [1.29, 1.82) is 0 Å². The van der Waals surface area contributed by atoms with Gasteiger partial charge in [0.1, 0.15) is 0 Å². The molecule has 0 aliphatic rings. The molecule has 0 bridgehead atoms. The average molecular weight is 268 g/mol. The van der Waals surface area contributed by atoms with Gasteiger partial charge in [-0.3, -0.25) is 0 Å². The highest BCUT2D eigenvalue weighted by atomic mass is 14.1. The smallest absolute Gasteiger partial charge is 0.0414 e. The third kappa shape index (κ3) is 14.2. The van der Waals surface area contributed by atoms with Crippen LogP contribution in [0.15, 0.2) is 0 Å². The highest BCUT2D eigenvalue weighted by molar-refractivity contribution is 4.62. The topological polar surface area (TPSA) is 0 Å². The van der Waals surface area contributed by atoms with Crippen molar-refractivity contribution in [3.63, 3.8) is 0 Å². The first-order valence-corrected chi connectivity index (χ1v) is 9.14. The zero-order valence-corrected chi connectivity index (χ0v) is 13.9. The molecule has 0 amide bonds. The van der Waals surface area contributed by atoms with E-state index in [1.807, 2.05) is 0 Å². The van der Waals surface area contributed by atoms with Crippen molar-refractivity contribution in [2.24, 2.45) is 5.92 Å². The second kappa shape index (κ2) is 16.1. The molecule has 0 aromatic heterocycles. The van der Waals surface area contributed by atoms with Gasteiger partial charge in [-0.2, -0.15) is 0 Å². The van der Waals surface area contributed by atoms with Gasteiger partial charge in [0.25, 0.3) is 0 Å². The summed E-state index contributed by atoms with van der Waals surface area (Å²) in [6.45, 7) is 8.60. The fourth-order valence-corrected chi connectivity index (χ4v) is 2.94. The summed E-state index contributed by atoms with van der Waals surface area (Å²) in [7, 11) is 0. The monoisotopic (exact) mass is 267 g/mol. The molecule has 0 aliphatic heterocycles. The van der Waals surface area contributed by atoms with Crippen molar-refractivity contribution in [2.45, 2.75) is 110 Å². The van der Waals surface area contributed by atoms with Gasteiger partial charge in [-0.25, -0.2) is 0 Å². The standard InChI is InChI=1S/C19H39/c1-4-7-10-12-13-15-18-19(16-9-6-3)17-14-11-8-5-2/h19H,3-18H2,1-2H3. The Morgan fingerprint density at radius 3 is 1.53 bits per heavy atom. The van der Waals surface area contributed by atoms with Gasteiger partial charge in [-0.1, -0.05) is 117 Å². The van der Waals surface area contributed by atoms with E-state index in [1.54, 1.807) is 0 Å². The number of rotatable bonds is 15. The Hall–Kier alpha value is 0. The lowest BCUT2D eigenvalue weighted by atomic mass is 9.90. The molecule has 0 spiro atoms. The zero-order valence-electron chi connectivity index (χ0n) is 13.9. The molecule has 0 saturated carbocycles. The van der Waals surface area contributed by atoms with Crippen molar-refractivity contribution in [3.05, 3.63) is 6.92 Å². The zero-order chi connectivity index (χ0) is 14.2. The Labute approximate surface area is 123 Å². The van der Waals surface area contributed by atoms with E-state index < -0.39 is 0 Å². The van der Waals surface area contributed by atoms with E-state index in [2.05, 4.69) is 20.8 Å². The van der Waals surface area contributed by atoms with E-state index in [4.69, 9.17) is 0 Å². The fraction of sp³-hybridized carbons (Fsp3) is 0.947. The maximum atomic E-state index is 4.00. The van der Waals surface area contributed by atoms with Crippen LogP contribution in [0.4, 0.5) is 0 Å². The van der Waals surface area contributed by atoms with Gasteiger partial charge < -0.3 is 0 Å². The van der Waals surface area contributed by atoms with Gasteiger partial charge in [-0.05, 0) is 5.92 Å². The van der Waals surface area contributed by atoms with Gasteiger partial charge in [0.2, 0.25) is 0 Å². The van der Waals surface area contributed by atoms with E-state index in [9.17, 15) is 0 Å². The third-order valence-corrected chi connectivity index (χ3v) is 4.29. The van der Waals surface area contributed by atoms with Crippen LogP contribution in [-0.4, -0.2) is 0 Å². The van der Waals surface area contributed by atoms with Crippen LogP contribution in [0, 0.1) is 12.8 Å². The molecule has 0 nitrogen and oxygen atoms in total. The van der Waals surface area contributed by atoms with E-state index in [-0.39, 0.29) is 0 Å². The molecule has 0 aliphatic carbocycles. The predicted octanol–water partition coefficient (Wildman–Crippen LogP) is 7.33. The predicted molar refractivity (Wildman–Crippen MR) is 89.5 cm³/mol. The molecule has 0 heteroatoms. The van der Waals surface area contributed by atoms with Crippen LogP contribution in [-0.2, 0) is 0 Å². The molecule has 19 heavy (non-hydrogen) atoms. The maximum Gasteiger partial charge on any atom is -0.0414 e. The number of hydrogen-bond acceptors (Lipinski definition) is 0. The molecule has 0 rings (SSSR count). The highest BCUT2D eigenvalue weighted by Crippen LogP contribution is 2.23. The van der Waals surface area contributed by atoms with Crippen LogP contribution in [0.25, 0.3) is 0 Å². The molecule has 0 saturated heterocycles. The first-order valence-electron chi connectivity index (χ1n) is 9.14. The summed E-state index contributed by atoms with van der Waals surface area (Å²) >= 11 is 0. The summed E-state index contributed by atoms with van der Waals surface area (Å²) in [5.74, 6) is 1.00. The Kier molecular flexibility index (Phi) is 16.1. The molecular formula is C19H39. The van der Waals surface area contributed by atoms with E-state index >= 15 is 0 Å². The molecule has 0 aromatic carbocycles. The van der Waals surface area contributed by atoms with Crippen molar-refractivity contribution < 1.29 is 0 Å². The van der Waals surface area contributed by atoms with Crippen molar-refractivity contribution in [2.75, 3.05) is 0 Å². The summed E-state index contributed by atoms with van der Waals surface area (Å²) in [5, 5.41) is 0. The maximum absolute atomic E-state index is 4.00. The summed E-state index contributed by atoms with van der Waals surface area (Å²) < 4.78 is 0. The minimum atomic E-state index is 1.00.